The van der Waals surface area contributed by atoms with Crippen LogP contribution in [0, 0.1) is 0 Å². The van der Waals surface area contributed by atoms with Gasteiger partial charge in [0.15, 0.2) is 0 Å². The largest absolute Gasteiger partial charge is 0.385 e. The number of hydrogen-bond donors (Lipinski definition) is 1. The van der Waals surface area contributed by atoms with Gasteiger partial charge in [0.1, 0.15) is 0 Å². The molecule has 1 N–H and O–H groups in total. The van der Waals surface area contributed by atoms with Gasteiger partial charge in [0.25, 0.3) is 0 Å². The third kappa shape index (κ3) is 2.32. The minimum Gasteiger partial charge on any atom is -0.385 e. The molecular formula is C15H22N2O. The summed E-state index contributed by atoms with van der Waals surface area (Å²) in [7, 11) is 1.82. The minimum absolute atomic E-state index is 0.456. The van der Waals surface area contributed by atoms with E-state index >= 15 is 0 Å². The fourth-order valence-corrected chi connectivity index (χ4v) is 3.00. The van der Waals surface area contributed by atoms with E-state index < -0.39 is 0 Å². The number of fused-ring (bicyclic) bond motifs is 1. The Bertz CT molecular complexity index is 411. The van der Waals surface area contributed by atoms with E-state index in [0.717, 1.165) is 32.5 Å². The number of nitrogens with zero attached hydrogens (tertiary/aromatic N) is 1. The van der Waals surface area contributed by atoms with E-state index in [-0.39, 0.29) is 0 Å². The Morgan fingerprint density at radius 1 is 1.28 bits per heavy atom. The van der Waals surface area contributed by atoms with Crippen LogP contribution in [0.25, 0.3) is 0 Å². The predicted molar refractivity (Wildman–Crippen MR) is 75.5 cm³/mol. The summed E-state index contributed by atoms with van der Waals surface area (Å²) < 4.78 is 5.43. The molecule has 3 heteroatoms. The van der Waals surface area contributed by atoms with Crippen LogP contribution in [0.5, 0.6) is 0 Å². The summed E-state index contributed by atoms with van der Waals surface area (Å²) in [5.41, 5.74) is 4.17. The highest BCUT2D eigenvalue weighted by Crippen LogP contribution is 2.29. The Labute approximate surface area is 109 Å². The summed E-state index contributed by atoms with van der Waals surface area (Å²) in [6, 6.07) is 6.89. The second-order valence-electron chi connectivity index (χ2n) is 5.29. The first-order valence-electron chi connectivity index (χ1n) is 7.01. The third-order valence-electron chi connectivity index (χ3n) is 4.17. The van der Waals surface area contributed by atoms with Crippen LogP contribution in [-0.2, 0) is 11.2 Å². The predicted octanol–water partition coefficient (Wildman–Crippen LogP) is 2.66. The van der Waals surface area contributed by atoms with Crippen LogP contribution in [0.2, 0.25) is 0 Å². The molecule has 1 saturated heterocycles. The Balaban J connectivity index is 1.73. The highest BCUT2D eigenvalue weighted by atomic mass is 16.5. The first kappa shape index (κ1) is 11.8. The van der Waals surface area contributed by atoms with Gasteiger partial charge in [0.05, 0.1) is 6.10 Å². The van der Waals surface area contributed by atoms with Crippen molar-refractivity contribution in [2.75, 3.05) is 37.0 Å². The standard InChI is InChI=1S/C15H22N2O/c1-18-14-6-9-17(10-7-14)13-5-4-12-3-2-8-16-15(12)11-13/h4-5,11,14,16H,2-3,6-10H2,1H3. The lowest BCUT2D eigenvalue weighted by Gasteiger charge is -2.33. The molecular weight excluding hydrogens is 224 g/mol. The van der Waals surface area contributed by atoms with Crippen LogP contribution in [0.4, 0.5) is 11.4 Å². The zero-order valence-electron chi connectivity index (χ0n) is 11.1. The SMILES string of the molecule is COC1CCN(c2ccc3c(c2)NCCC3)CC1. The number of piperidine rings is 1. The maximum atomic E-state index is 5.43. The first-order valence-corrected chi connectivity index (χ1v) is 7.01. The minimum atomic E-state index is 0.456. The van der Waals surface area contributed by atoms with Crippen molar-refractivity contribution < 1.29 is 4.74 Å². The van der Waals surface area contributed by atoms with Gasteiger partial charge in [-0.25, -0.2) is 0 Å². The van der Waals surface area contributed by atoms with Gasteiger partial charge in [-0.1, -0.05) is 6.07 Å². The first-order chi connectivity index (χ1) is 8.86. The topological polar surface area (TPSA) is 24.5 Å². The van der Waals surface area contributed by atoms with Crippen molar-refractivity contribution in [3.63, 3.8) is 0 Å². The highest BCUT2D eigenvalue weighted by molar-refractivity contribution is 5.63. The Hall–Kier alpha value is -1.22. The number of methoxy groups -OCH3 is 1. The molecule has 0 atom stereocenters. The molecule has 0 aliphatic carbocycles. The summed E-state index contributed by atoms with van der Waals surface area (Å²) in [4.78, 5) is 2.48. The van der Waals surface area contributed by atoms with Crippen molar-refractivity contribution in [3.8, 4) is 0 Å². The molecule has 2 aliphatic heterocycles. The second kappa shape index (κ2) is 5.19. The number of ether oxygens (including phenoxy) is 1. The van der Waals surface area contributed by atoms with E-state index in [1.54, 1.807) is 0 Å². The van der Waals surface area contributed by atoms with Crippen LogP contribution >= 0.6 is 0 Å². The zero-order chi connectivity index (χ0) is 12.4. The quantitative estimate of drug-likeness (QED) is 0.868. The number of hydrogen-bond acceptors (Lipinski definition) is 3. The van der Waals surface area contributed by atoms with Crippen LogP contribution in [0.3, 0.4) is 0 Å². The van der Waals surface area contributed by atoms with E-state index in [1.165, 1.54) is 29.8 Å². The van der Waals surface area contributed by atoms with Crippen molar-refractivity contribution >= 4 is 11.4 Å². The lowest BCUT2D eigenvalue weighted by atomic mass is 10.0. The molecule has 2 aliphatic rings. The second-order valence-corrected chi connectivity index (χ2v) is 5.29. The van der Waals surface area contributed by atoms with Gasteiger partial charge in [-0.2, -0.15) is 0 Å². The van der Waals surface area contributed by atoms with Gasteiger partial charge in [-0.3, -0.25) is 0 Å². The molecule has 0 radical (unpaired) electrons. The number of nitrogens with one attached hydrogen (secondary N) is 1. The third-order valence-corrected chi connectivity index (χ3v) is 4.17. The molecule has 0 aromatic heterocycles. The molecule has 0 bridgehead atoms. The van der Waals surface area contributed by atoms with Gasteiger partial charge in [-0.15, -0.1) is 0 Å². The average Bonchev–Trinajstić information content (AvgIpc) is 2.47. The number of benzene rings is 1. The summed E-state index contributed by atoms with van der Waals surface area (Å²) in [5, 5.41) is 3.51. The number of aryl methyl sites for hydroxylation is 1. The van der Waals surface area contributed by atoms with Gasteiger partial charge >= 0.3 is 0 Å². The van der Waals surface area contributed by atoms with E-state index in [4.69, 9.17) is 4.74 Å². The van der Waals surface area contributed by atoms with E-state index in [9.17, 15) is 0 Å². The smallest absolute Gasteiger partial charge is 0.0605 e. The molecule has 0 unspecified atom stereocenters. The van der Waals surface area contributed by atoms with E-state index in [2.05, 4.69) is 28.4 Å². The average molecular weight is 246 g/mol. The zero-order valence-corrected chi connectivity index (χ0v) is 11.1. The maximum Gasteiger partial charge on any atom is 0.0605 e. The fraction of sp³-hybridized carbons (Fsp3) is 0.600. The van der Waals surface area contributed by atoms with Gasteiger partial charge in [0.2, 0.25) is 0 Å². The summed E-state index contributed by atoms with van der Waals surface area (Å²) in [6.07, 6.45) is 5.21. The van der Waals surface area contributed by atoms with Crippen LogP contribution in [-0.4, -0.2) is 32.8 Å². The van der Waals surface area contributed by atoms with Crippen molar-refractivity contribution in [1.82, 2.24) is 0 Å². The van der Waals surface area contributed by atoms with Crippen LogP contribution in [0.1, 0.15) is 24.8 Å². The number of rotatable bonds is 2. The van der Waals surface area contributed by atoms with E-state index in [0.29, 0.717) is 6.10 Å². The number of anilines is 2. The lowest BCUT2D eigenvalue weighted by Crippen LogP contribution is -2.36. The van der Waals surface area contributed by atoms with Crippen molar-refractivity contribution in [2.45, 2.75) is 31.8 Å². The molecule has 3 nitrogen and oxygen atoms in total. The van der Waals surface area contributed by atoms with Crippen molar-refractivity contribution in [2.24, 2.45) is 0 Å². The molecule has 0 amide bonds. The highest BCUT2D eigenvalue weighted by Gasteiger charge is 2.19. The monoisotopic (exact) mass is 246 g/mol. The molecule has 1 aromatic carbocycles. The summed E-state index contributed by atoms with van der Waals surface area (Å²) >= 11 is 0. The Morgan fingerprint density at radius 3 is 2.89 bits per heavy atom. The van der Waals surface area contributed by atoms with Gasteiger partial charge in [0, 0.05) is 38.1 Å². The molecule has 3 rings (SSSR count). The van der Waals surface area contributed by atoms with Gasteiger partial charge < -0.3 is 15.0 Å². The normalized spacial score (nSPS) is 20.4. The van der Waals surface area contributed by atoms with Crippen molar-refractivity contribution in [1.29, 1.82) is 0 Å². The molecule has 0 spiro atoms. The Kier molecular flexibility index (Phi) is 3.41. The molecule has 0 saturated carbocycles. The molecule has 2 heterocycles. The van der Waals surface area contributed by atoms with Crippen LogP contribution < -0.4 is 10.2 Å². The lowest BCUT2D eigenvalue weighted by molar-refractivity contribution is 0.0819. The van der Waals surface area contributed by atoms with Crippen molar-refractivity contribution in [3.05, 3.63) is 23.8 Å². The van der Waals surface area contributed by atoms with Gasteiger partial charge in [-0.05, 0) is 43.4 Å². The molecule has 18 heavy (non-hydrogen) atoms. The Morgan fingerprint density at radius 2 is 2.11 bits per heavy atom. The maximum absolute atomic E-state index is 5.43. The summed E-state index contributed by atoms with van der Waals surface area (Å²) in [5.74, 6) is 0. The molecule has 98 valence electrons. The summed E-state index contributed by atoms with van der Waals surface area (Å²) in [6.45, 7) is 3.33. The molecule has 1 fully saturated rings. The van der Waals surface area contributed by atoms with Crippen LogP contribution in [0.15, 0.2) is 18.2 Å². The van der Waals surface area contributed by atoms with E-state index in [1.807, 2.05) is 7.11 Å². The molecule has 1 aromatic rings. The fourth-order valence-electron chi connectivity index (χ4n) is 3.00.